The molecule has 1 aliphatic heterocycles. The number of aliphatic hydroxyl groups is 1. The highest BCUT2D eigenvalue weighted by molar-refractivity contribution is 4.80. The Morgan fingerprint density at radius 2 is 2.24 bits per heavy atom. The van der Waals surface area contributed by atoms with E-state index < -0.39 is 5.60 Å². The SMILES string of the molecule is CCN1CCOC(CNCC(C)(O)C(C)C)C1. The normalized spacial score (nSPS) is 26.1. The molecule has 0 amide bonds. The van der Waals surface area contributed by atoms with Crippen molar-refractivity contribution in [1.82, 2.24) is 10.2 Å². The Morgan fingerprint density at radius 3 is 2.82 bits per heavy atom. The minimum Gasteiger partial charge on any atom is -0.389 e. The topological polar surface area (TPSA) is 44.7 Å². The average Bonchev–Trinajstić information content (AvgIpc) is 2.29. The number of nitrogens with zero attached hydrogens (tertiary/aromatic N) is 1. The monoisotopic (exact) mass is 244 g/mol. The molecule has 4 heteroatoms. The Balaban J connectivity index is 2.22. The Kier molecular flexibility index (Phi) is 5.86. The summed E-state index contributed by atoms with van der Waals surface area (Å²) in [6.07, 6.45) is 0.256. The summed E-state index contributed by atoms with van der Waals surface area (Å²) in [5.74, 6) is 0.259. The summed E-state index contributed by atoms with van der Waals surface area (Å²) in [6.45, 7) is 13.5. The van der Waals surface area contributed by atoms with Crippen molar-refractivity contribution in [1.29, 1.82) is 0 Å². The molecule has 1 rings (SSSR count). The lowest BCUT2D eigenvalue weighted by Gasteiger charge is -2.33. The van der Waals surface area contributed by atoms with Crippen LogP contribution in [0.5, 0.6) is 0 Å². The van der Waals surface area contributed by atoms with Crippen LogP contribution in [0.2, 0.25) is 0 Å². The van der Waals surface area contributed by atoms with Crippen molar-refractivity contribution in [3.63, 3.8) is 0 Å². The van der Waals surface area contributed by atoms with Gasteiger partial charge in [-0.25, -0.2) is 0 Å². The molecule has 1 fully saturated rings. The first-order valence-electron chi connectivity index (χ1n) is 6.72. The van der Waals surface area contributed by atoms with E-state index >= 15 is 0 Å². The van der Waals surface area contributed by atoms with Crippen molar-refractivity contribution in [2.75, 3.05) is 39.3 Å². The second-order valence-corrected chi connectivity index (χ2v) is 5.53. The minimum atomic E-state index is -0.640. The number of likely N-dealkylation sites (N-methyl/N-ethyl adjacent to an activating group) is 1. The third kappa shape index (κ3) is 4.92. The average molecular weight is 244 g/mol. The largest absolute Gasteiger partial charge is 0.389 e. The standard InChI is InChI=1S/C13H28N2O2/c1-5-15-6-7-17-12(9-15)8-14-10-13(4,16)11(2)3/h11-12,14,16H,5-10H2,1-4H3. The van der Waals surface area contributed by atoms with Gasteiger partial charge in [0.25, 0.3) is 0 Å². The Labute approximate surface area is 105 Å². The maximum absolute atomic E-state index is 10.1. The maximum Gasteiger partial charge on any atom is 0.0826 e. The van der Waals surface area contributed by atoms with Crippen LogP contribution in [0.15, 0.2) is 0 Å². The molecule has 1 heterocycles. The van der Waals surface area contributed by atoms with Crippen LogP contribution in [0.4, 0.5) is 0 Å². The molecule has 2 unspecified atom stereocenters. The number of nitrogens with one attached hydrogen (secondary N) is 1. The van der Waals surface area contributed by atoms with Gasteiger partial charge in [-0.3, -0.25) is 4.90 Å². The van der Waals surface area contributed by atoms with Crippen molar-refractivity contribution in [3.8, 4) is 0 Å². The van der Waals surface area contributed by atoms with E-state index in [0.717, 1.165) is 32.8 Å². The van der Waals surface area contributed by atoms with Crippen LogP contribution in [0.3, 0.4) is 0 Å². The van der Waals surface area contributed by atoms with Gasteiger partial charge in [0.15, 0.2) is 0 Å². The summed E-state index contributed by atoms with van der Waals surface area (Å²) < 4.78 is 5.70. The van der Waals surface area contributed by atoms with Gasteiger partial charge in [0.1, 0.15) is 0 Å². The Bertz CT molecular complexity index is 219. The highest BCUT2D eigenvalue weighted by Gasteiger charge is 2.25. The van der Waals surface area contributed by atoms with Crippen molar-refractivity contribution >= 4 is 0 Å². The van der Waals surface area contributed by atoms with Gasteiger partial charge in [0, 0.05) is 26.2 Å². The molecule has 17 heavy (non-hydrogen) atoms. The molecule has 0 radical (unpaired) electrons. The zero-order valence-electron chi connectivity index (χ0n) is 11.7. The van der Waals surface area contributed by atoms with E-state index in [1.807, 2.05) is 20.8 Å². The molecule has 0 aromatic heterocycles. The smallest absolute Gasteiger partial charge is 0.0826 e. The lowest BCUT2D eigenvalue weighted by atomic mass is 9.92. The van der Waals surface area contributed by atoms with E-state index in [1.165, 1.54) is 0 Å². The molecule has 0 bridgehead atoms. The van der Waals surface area contributed by atoms with E-state index in [9.17, 15) is 5.11 Å². The number of rotatable bonds is 6. The van der Waals surface area contributed by atoms with Crippen molar-refractivity contribution < 1.29 is 9.84 Å². The fourth-order valence-electron chi connectivity index (χ4n) is 1.88. The van der Waals surface area contributed by atoms with Crippen LogP contribution in [0.25, 0.3) is 0 Å². The van der Waals surface area contributed by atoms with Gasteiger partial charge in [-0.1, -0.05) is 20.8 Å². The summed E-state index contributed by atoms with van der Waals surface area (Å²) in [4.78, 5) is 2.40. The predicted octanol–water partition coefficient (Wildman–Crippen LogP) is 0.704. The second-order valence-electron chi connectivity index (χ2n) is 5.53. The van der Waals surface area contributed by atoms with Gasteiger partial charge in [-0.15, -0.1) is 0 Å². The zero-order chi connectivity index (χ0) is 12.9. The summed E-state index contributed by atoms with van der Waals surface area (Å²) in [7, 11) is 0. The summed E-state index contributed by atoms with van der Waals surface area (Å²) in [6, 6.07) is 0. The van der Waals surface area contributed by atoms with Crippen LogP contribution < -0.4 is 5.32 Å². The van der Waals surface area contributed by atoms with E-state index in [-0.39, 0.29) is 12.0 Å². The predicted molar refractivity (Wildman–Crippen MR) is 70.2 cm³/mol. The lowest BCUT2D eigenvalue weighted by molar-refractivity contribution is -0.0317. The quantitative estimate of drug-likeness (QED) is 0.722. The first-order chi connectivity index (χ1) is 7.95. The van der Waals surface area contributed by atoms with Gasteiger partial charge in [0.2, 0.25) is 0 Å². The van der Waals surface area contributed by atoms with Crippen LogP contribution in [0.1, 0.15) is 27.7 Å². The van der Waals surface area contributed by atoms with Crippen molar-refractivity contribution in [3.05, 3.63) is 0 Å². The van der Waals surface area contributed by atoms with Crippen LogP contribution >= 0.6 is 0 Å². The van der Waals surface area contributed by atoms with Crippen molar-refractivity contribution in [2.24, 2.45) is 5.92 Å². The maximum atomic E-state index is 10.1. The third-order valence-electron chi connectivity index (χ3n) is 3.77. The Hall–Kier alpha value is -0.160. The third-order valence-corrected chi connectivity index (χ3v) is 3.77. The molecule has 1 aliphatic rings. The van der Waals surface area contributed by atoms with Crippen LogP contribution in [-0.4, -0.2) is 61.0 Å². The number of morpholine rings is 1. The number of ether oxygens (including phenoxy) is 1. The highest BCUT2D eigenvalue weighted by atomic mass is 16.5. The Morgan fingerprint density at radius 1 is 1.53 bits per heavy atom. The fourth-order valence-corrected chi connectivity index (χ4v) is 1.88. The molecule has 0 aromatic carbocycles. The molecule has 1 saturated heterocycles. The summed E-state index contributed by atoms with van der Waals surface area (Å²) >= 11 is 0. The van der Waals surface area contributed by atoms with Gasteiger partial charge in [0.05, 0.1) is 18.3 Å². The lowest BCUT2D eigenvalue weighted by Crippen LogP contribution is -2.49. The first kappa shape index (κ1) is 14.9. The molecule has 2 N–H and O–H groups in total. The van der Waals surface area contributed by atoms with Gasteiger partial charge in [-0.05, 0) is 19.4 Å². The van der Waals surface area contributed by atoms with Crippen LogP contribution in [0, 0.1) is 5.92 Å². The molecular formula is C13H28N2O2. The van der Waals surface area contributed by atoms with Gasteiger partial charge < -0.3 is 15.2 Å². The molecule has 0 saturated carbocycles. The first-order valence-corrected chi connectivity index (χ1v) is 6.72. The van der Waals surface area contributed by atoms with Gasteiger partial charge >= 0.3 is 0 Å². The molecule has 102 valence electrons. The number of hydrogen-bond acceptors (Lipinski definition) is 4. The molecule has 0 aliphatic carbocycles. The van der Waals surface area contributed by atoms with E-state index in [0.29, 0.717) is 6.54 Å². The fraction of sp³-hybridized carbons (Fsp3) is 1.00. The van der Waals surface area contributed by atoms with E-state index in [4.69, 9.17) is 4.74 Å². The minimum absolute atomic E-state index is 0.256. The molecule has 0 aromatic rings. The molecular weight excluding hydrogens is 216 g/mol. The molecule has 0 spiro atoms. The second kappa shape index (κ2) is 6.69. The van der Waals surface area contributed by atoms with E-state index in [1.54, 1.807) is 0 Å². The van der Waals surface area contributed by atoms with Crippen LogP contribution in [-0.2, 0) is 4.74 Å². The molecule has 2 atom stereocenters. The molecule has 4 nitrogen and oxygen atoms in total. The summed E-state index contributed by atoms with van der Waals surface area (Å²) in [5.41, 5.74) is -0.640. The van der Waals surface area contributed by atoms with E-state index in [2.05, 4.69) is 17.1 Å². The summed E-state index contributed by atoms with van der Waals surface area (Å²) in [5, 5.41) is 13.4. The highest BCUT2D eigenvalue weighted by Crippen LogP contribution is 2.14. The van der Waals surface area contributed by atoms with Gasteiger partial charge in [-0.2, -0.15) is 0 Å². The zero-order valence-corrected chi connectivity index (χ0v) is 11.7. The number of hydrogen-bond donors (Lipinski definition) is 2. The van der Waals surface area contributed by atoms with Crippen molar-refractivity contribution in [2.45, 2.75) is 39.4 Å².